The van der Waals surface area contributed by atoms with Crippen LogP contribution in [0.1, 0.15) is 36.5 Å². The Morgan fingerprint density at radius 2 is 1.95 bits per heavy atom. The summed E-state index contributed by atoms with van der Waals surface area (Å²) in [6.45, 7) is 3.03. The van der Waals surface area contributed by atoms with Gasteiger partial charge in [0.05, 0.1) is 0 Å². The first kappa shape index (κ1) is 16.3. The van der Waals surface area contributed by atoms with E-state index in [2.05, 4.69) is 22.5 Å². The van der Waals surface area contributed by atoms with Crippen LogP contribution in [0.5, 0.6) is 0 Å². The fraction of sp³-hybridized carbons (Fsp3) is 0.294. The topological polar surface area (TPSA) is 54.0 Å². The van der Waals surface area contributed by atoms with Gasteiger partial charge in [0.25, 0.3) is 5.91 Å². The minimum absolute atomic E-state index is 0.165. The van der Waals surface area contributed by atoms with Crippen LogP contribution in [0.4, 0.5) is 11.5 Å². The number of rotatable bonds is 7. The molecular formula is C17H20ClN3O. The second kappa shape index (κ2) is 8.39. The molecule has 1 heterocycles. The first-order chi connectivity index (χ1) is 10.7. The fourth-order valence-corrected chi connectivity index (χ4v) is 2.12. The largest absolute Gasteiger partial charge is 0.370 e. The number of anilines is 2. The predicted octanol–water partition coefficient (Wildman–Crippen LogP) is 4.59. The van der Waals surface area contributed by atoms with Crippen molar-refractivity contribution in [1.82, 2.24) is 4.98 Å². The average Bonchev–Trinajstić information content (AvgIpc) is 2.54. The van der Waals surface area contributed by atoms with Gasteiger partial charge in [-0.2, -0.15) is 0 Å². The molecule has 0 aliphatic carbocycles. The van der Waals surface area contributed by atoms with Crippen molar-refractivity contribution in [3.63, 3.8) is 0 Å². The third kappa shape index (κ3) is 5.04. The van der Waals surface area contributed by atoms with Crippen LogP contribution in [0, 0.1) is 0 Å². The maximum atomic E-state index is 12.2. The van der Waals surface area contributed by atoms with Gasteiger partial charge in [-0.25, -0.2) is 4.98 Å². The molecule has 0 aliphatic rings. The van der Waals surface area contributed by atoms with Crippen LogP contribution >= 0.6 is 11.6 Å². The van der Waals surface area contributed by atoms with Gasteiger partial charge in [-0.15, -0.1) is 0 Å². The maximum Gasteiger partial charge on any atom is 0.255 e. The lowest BCUT2D eigenvalue weighted by Crippen LogP contribution is -2.13. The maximum absolute atomic E-state index is 12.2. The summed E-state index contributed by atoms with van der Waals surface area (Å²) in [7, 11) is 0. The Morgan fingerprint density at radius 3 is 2.68 bits per heavy atom. The van der Waals surface area contributed by atoms with Crippen molar-refractivity contribution in [2.24, 2.45) is 0 Å². The zero-order chi connectivity index (χ0) is 15.8. The zero-order valence-electron chi connectivity index (χ0n) is 12.6. The highest BCUT2D eigenvalue weighted by Gasteiger charge is 2.07. The summed E-state index contributed by atoms with van der Waals surface area (Å²) in [6.07, 6.45) is 5.10. The molecule has 0 fully saturated rings. The van der Waals surface area contributed by atoms with Gasteiger partial charge < -0.3 is 10.6 Å². The number of nitrogens with zero attached hydrogens (tertiary/aromatic N) is 1. The summed E-state index contributed by atoms with van der Waals surface area (Å²) in [4.78, 5) is 16.5. The normalized spacial score (nSPS) is 10.3. The molecule has 2 rings (SSSR count). The molecule has 22 heavy (non-hydrogen) atoms. The summed E-state index contributed by atoms with van der Waals surface area (Å²) < 4.78 is 0. The highest BCUT2D eigenvalue weighted by molar-refractivity contribution is 6.30. The highest BCUT2D eigenvalue weighted by Crippen LogP contribution is 2.15. The SMILES string of the molecule is CCCCCNc1cc(C(=O)Nc2ccc(Cl)cc2)ccn1. The number of carbonyl (C=O) groups is 1. The molecule has 0 bridgehead atoms. The standard InChI is InChI=1S/C17H20ClN3O/c1-2-3-4-10-19-16-12-13(9-11-20-16)17(22)21-15-7-5-14(18)6-8-15/h5-9,11-12H,2-4,10H2,1H3,(H,19,20)(H,21,22). The lowest BCUT2D eigenvalue weighted by atomic mass is 10.2. The number of nitrogens with one attached hydrogen (secondary N) is 2. The molecular weight excluding hydrogens is 298 g/mol. The molecule has 0 spiro atoms. The van der Waals surface area contributed by atoms with E-state index in [0.717, 1.165) is 18.8 Å². The number of hydrogen-bond donors (Lipinski definition) is 2. The molecule has 1 amide bonds. The van der Waals surface area contributed by atoms with Crippen LogP contribution < -0.4 is 10.6 Å². The molecule has 0 saturated heterocycles. The Balaban J connectivity index is 1.96. The predicted molar refractivity (Wildman–Crippen MR) is 91.7 cm³/mol. The third-order valence-corrected chi connectivity index (χ3v) is 3.46. The summed E-state index contributed by atoms with van der Waals surface area (Å²) >= 11 is 5.83. The van der Waals surface area contributed by atoms with Crippen LogP contribution in [-0.4, -0.2) is 17.4 Å². The Bertz CT molecular complexity index is 614. The second-order valence-corrected chi connectivity index (χ2v) is 5.46. The van der Waals surface area contributed by atoms with E-state index in [4.69, 9.17) is 11.6 Å². The number of pyridine rings is 1. The Hall–Kier alpha value is -2.07. The van der Waals surface area contributed by atoms with Crippen molar-refractivity contribution in [2.75, 3.05) is 17.2 Å². The highest BCUT2D eigenvalue weighted by atomic mass is 35.5. The van der Waals surface area contributed by atoms with E-state index in [0.29, 0.717) is 16.3 Å². The smallest absolute Gasteiger partial charge is 0.255 e. The molecule has 2 N–H and O–H groups in total. The molecule has 116 valence electrons. The molecule has 2 aromatic rings. The van der Waals surface area contributed by atoms with Gasteiger partial charge in [0.1, 0.15) is 5.82 Å². The summed E-state index contributed by atoms with van der Waals surface area (Å²) in [5.41, 5.74) is 1.28. The average molecular weight is 318 g/mol. The van der Waals surface area contributed by atoms with Crippen LogP contribution in [0.25, 0.3) is 0 Å². The van der Waals surface area contributed by atoms with Gasteiger partial charge in [0.2, 0.25) is 0 Å². The molecule has 0 unspecified atom stereocenters. The first-order valence-electron chi connectivity index (χ1n) is 7.46. The molecule has 0 saturated carbocycles. The second-order valence-electron chi connectivity index (χ2n) is 5.02. The minimum Gasteiger partial charge on any atom is -0.370 e. The molecule has 0 radical (unpaired) electrons. The zero-order valence-corrected chi connectivity index (χ0v) is 13.4. The lowest BCUT2D eigenvalue weighted by Gasteiger charge is -2.08. The van der Waals surface area contributed by atoms with Gasteiger partial charge in [-0.05, 0) is 42.8 Å². The number of amides is 1. The molecule has 5 heteroatoms. The van der Waals surface area contributed by atoms with Crippen molar-refractivity contribution in [2.45, 2.75) is 26.2 Å². The molecule has 1 aromatic heterocycles. The Morgan fingerprint density at radius 1 is 1.18 bits per heavy atom. The molecule has 0 atom stereocenters. The Labute approximate surface area is 135 Å². The number of unbranched alkanes of at least 4 members (excludes halogenated alkanes) is 2. The van der Waals surface area contributed by atoms with Crippen molar-refractivity contribution in [3.8, 4) is 0 Å². The quantitative estimate of drug-likeness (QED) is 0.734. The number of hydrogen-bond acceptors (Lipinski definition) is 3. The van der Waals surface area contributed by atoms with Gasteiger partial charge in [0.15, 0.2) is 0 Å². The van der Waals surface area contributed by atoms with Crippen LogP contribution in [-0.2, 0) is 0 Å². The summed E-state index contributed by atoms with van der Waals surface area (Å²) in [5, 5.41) is 6.71. The van der Waals surface area contributed by atoms with Gasteiger partial charge in [-0.3, -0.25) is 4.79 Å². The van der Waals surface area contributed by atoms with Crippen molar-refractivity contribution in [1.29, 1.82) is 0 Å². The van der Waals surface area contributed by atoms with E-state index in [1.54, 1.807) is 42.6 Å². The van der Waals surface area contributed by atoms with Gasteiger partial charge in [-0.1, -0.05) is 31.4 Å². The van der Waals surface area contributed by atoms with E-state index in [9.17, 15) is 4.79 Å². The molecule has 1 aromatic carbocycles. The number of aromatic nitrogens is 1. The number of carbonyl (C=O) groups excluding carboxylic acids is 1. The first-order valence-corrected chi connectivity index (χ1v) is 7.83. The van der Waals surface area contributed by atoms with Crippen LogP contribution in [0.3, 0.4) is 0 Å². The summed E-state index contributed by atoms with van der Waals surface area (Å²) in [5.74, 6) is 0.557. The van der Waals surface area contributed by atoms with E-state index in [-0.39, 0.29) is 5.91 Å². The van der Waals surface area contributed by atoms with E-state index >= 15 is 0 Å². The number of halogens is 1. The molecule has 4 nitrogen and oxygen atoms in total. The van der Waals surface area contributed by atoms with Gasteiger partial charge in [0, 0.05) is 29.0 Å². The van der Waals surface area contributed by atoms with Crippen LogP contribution in [0.15, 0.2) is 42.6 Å². The summed E-state index contributed by atoms with van der Waals surface area (Å²) in [6, 6.07) is 10.5. The minimum atomic E-state index is -0.165. The van der Waals surface area contributed by atoms with Crippen molar-refractivity contribution < 1.29 is 4.79 Å². The van der Waals surface area contributed by atoms with Crippen molar-refractivity contribution in [3.05, 3.63) is 53.2 Å². The lowest BCUT2D eigenvalue weighted by molar-refractivity contribution is 0.102. The van der Waals surface area contributed by atoms with Crippen LogP contribution in [0.2, 0.25) is 5.02 Å². The van der Waals surface area contributed by atoms with Gasteiger partial charge >= 0.3 is 0 Å². The fourth-order valence-electron chi connectivity index (χ4n) is 2.00. The van der Waals surface area contributed by atoms with E-state index < -0.39 is 0 Å². The van der Waals surface area contributed by atoms with E-state index in [1.165, 1.54) is 12.8 Å². The van der Waals surface area contributed by atoms with E-state index in [1.807, 2.05) is 0 Å². The Kier molecular flexibility index (Phi) is 6.22. The monoisotopic (exact) mass is 317 g/mol. The van der Waals surface area contributed by atoms with Crippen molar-refractivity contribution >= 4 is 29.0 Å². The number of benzene rings is 1. The third-order valence-electron chi connectivity index (χ3n) is 3.21. The molecule has 0 aliphatic heterocycles.